The lowest BCUT2D eigenvalue weighted by Gasteiger charge is -2.28. The average Bonchev–Trinajstić information content (AvgIpc) is 2.69. The van der Waals surface area contributed by atoms with E-state index in [-0.39, 0.29) is 18.4 Å². The maximum atomic E-state index is 12.3. The summed E-state index contributed by atoms with van der Waals surface area (Å²) >= 11 is 0. The third-order valence-corrected chi connectivity index (χ3v) is 5.08. The molecule has 3 atom stereocenters. The van der Waals surface area contributed by atoms with Gasteiger partial charge in [0, 0.05) is 6.54 Å². The van der Waals surface area contributed by atoms with Gasteiger partial charge in [0.1, 0.15) is 0 Å². The van der Waals surface area contributed by atoms with E-state index >= 15 is 0 Å². The molecule has 3 N–H and O–H groups in total. The van der Waals surface area contributed by atoms with E-state index < -0.39 is 23.4 Å². The number of aliphatic hydroxyl groups is 1. The van der Waals surface area contributed by atoms with Gasteiger partial charge in [0.15, 0.2) is 0 Å². The van der Waals surface area contributed by atoms with Crippen LogP contribution >= 0.6 is 0 Å². The van der Waals surface area contributed by atoms with E-state index in [0.717, 1.165) is 38.5 Å². The topological polar surface area (TPSA) is 86.6 Å². The second kappa shape index (κ2) is 6.77. The molecule has 5 nitrogen and oxygen atoms in total. The fourth-order valence-corrected chi connectivity index (χ4v) is 3.80. The minimum Gasteiger partial charge on any atom is -0.481 e. The molecule has 120 valence electrons. The number of amides is 1. The van der Waals surface area contributed by atoms with Gasteiger partial charge >= 0.3 is 5.97 Å². The largest absolute Gasteiger partial charge is 0.481 e. The van der Waals surface area contributed by atoms with Crippen molar-refractivity contribution in [3.63, 3.8) is 0 Å². The molecule has 0 aromatic rings. The first-order chi connectivity index (χ1) is 9.91. The van der Waals surface area contributed by atoms with Crippen LogP contribution in [0, 0.1) is 17.8 Å². The van der Waals surface area contributed by atoms with E-state index in [4.69, 9.17) is 0 Å². The summed E-state index contributed by atoms with van der Waals surface area (Å²) in [6.07, 6.45) is 6.89. The number of carbonyl (C=O) groups is 2. The molecule has 0 bridgehead atoms. The minimum absolute atomic E-state index is 0.204. The maximum absolute atomic E-state index is 12.3. The third-order valence-electron chi connectivity index (χ3n) is 5.08. The van der Waals surface area contributed by atoms with Crippen LogP contribution in [-0.2, 0) is 9.59 Å². The number of rotatable bonds is 4. The van der Waals surface area contributed by atoms with Gasteiger partial charge in [0.25, 0.3) is 0 Å². The second-order valence-electron chi connectivity index (χ2n) is 6.98. The molecule has 2 saturated carbocycles. The van der Waals surface area contributed by atoms with Crippen LogP contribution in [0.5, 0.6) is 0 Å². The fourth-order valence-electron chi connectivity index (χ4n) is 3.80. The molecule has 2 aliphatic rings. The van der Waals surface area contributed by atoms with E-state index in [0.29, 0.717) is 12.8 Å². The van der Waals surface area contributed by atoms with Crippen molar-refractivity contribution in [3.8, 4) is 0 Å². The number of nitrogens with one attached hydrogen (secondary N) is 1. The molecule has 0 aromatic carbocycles. The summed E-state index contributed by atoms with van der Waals surface area (Å²) < 4.78 is 0. The first-order valence-electron chi connectivity index (χ1n) is 8.14. The minimum atomic E-state index is -0.882. The average molecular weight is 297 g/mol. The van der Waals surface area contributed by atoms with Gasteiger partial charge < -0.3 is 15.5 Å². The predicted molar refractivity (Wildman–Crippen MR) is 78.7 cm³/mol. The van der Waals surface area contributed by atoms with E-state index in [9.17, 15) is 19.8 Å². The standard InChI is InChI=1S/C16H27NO4/c1-11-8-12(13(9-11)15(19)20)14(18)17-10-16(21)6-4-2-3-5-7-16/h11-13,21H,2-10H2,1H3,(H,17,18)(H,19,20)/t11?,12-,13+/m0/s1. The van der Waals surface area contributed by atoms with Gasteiger partial charge in [-0.1, -0.05) is 32.6 Å². The summed E-state index contributed by atoms with van der Waals surface area (Å²) in [6.45, 7) is 2.24. The Morgan fingerprint density at radius 1 is 1.10 bits per heavy atom. The number of hydrogen-bond donors (Lipinski definition) is 3. The Kier molecular flexibility index (Phi) is 5.25. The molecule has 2 aliphatic carbocycles. The zero-order valence-corrected chi connectivity index (χ0v) is 12.8. The summed E-state index contributed by atoms with van der Waals surface area (Å²) in [6, 6.07) is 0. The van der Waals surface area contributed by atoms with E-state index in [1.807, 2.05) is 6.92 Å². The SMILES string of the molecule is CC1C[C@H](C(=O)NCC2(O)CCCCCC2)[C@H](C(=O)O)C1. The zero-order chi connectivity index (χ0) is 15.5. The molecule has 1 unspecified atom stereocenters. The Hall–Kier alpha value is -1.10. The summed E-state index contributed by atoms with van der Waals surface area (Å²) in [5.74, 6) is -1.85. The van der Waals surface area contributed by atoms with Crippen molar-refractivity contribution in [2.24, 2.45) is 17.8 Å². The summed E-state index contributed by atoms with van der Waals surface area (Å²) in [5, 5.41) is 22.6. The highest BCUT2D eigenvalue weighted by Crippen LogP contribution is 2.36. The fraction of sp³-hybridized carbons (Fsp3) is 0.875. The number of aliphatic carboxylic acids is 1. The predicted octanol–water partition coefficient (Wildman–Crippen LogP) is 1.93. The lowest BCUT2D eigenvalue weighted by Crippen LogP contribution is -2.45. The molecule has 0 aliphatic heterocycles. The molecule has 0 aromatic heterocycles. The Morgan fingerprint density at radius 2 is 1.67 bits per heavy atom. The van der Waals surface area contributed by atoms with Crippen LogP contribution in [0.3, 0.4) is 0 Å². The molecule has 0 radical (unpaired) electrons. The van der Waals surface area contributed by atoms with E-state index in [1.54, 1.807) is 0 Å². The van der Waals surface area contributed by atoms with Gasteiger partial charge in [-0.2, -0.15) is 0 Å². The molecule has 0 saturated heterocycles. The first kappa shape index (κ1) is 16.3. The van der Waals surface area contributed by atoms with Gasteiger partial charge in [0.2, 0.25) is 5.91 Å². The van der Waals surface area contributed by atoms with Crippen molar-refractivity contribution < 1.29 is 19.8 Å². The Morgan fingerprint density at radius 3 is 2.24 bits per heavy atom. The van der Waals surface area contributed by atoms with Crippen LogP contribution in [0.2, 0.25) is 0 Å². The zero-order valence-electron chi connectivity index (χ0n) is 12.8. The number of carboxylic acid groups (broad SMARTS) is 1. The summed E-state index contributed by atoms with van der Waals surface area (Å²) in [4.78, 5) is 23.5. The molecule has 0 heterocycles. The molecular weight excluding hydrogens is 270 g/mol. The van der Waals surface area contributed by atoms with Crippen molar-refractivity contribution in [2.45, 2.75) is 63.9 Å². The molecule has 5 heteroatoms. The van der Waals surface area contributed by atoms with Gasteiger partial charge in [-0.15, -0.1) is 0 Å². The quantitative estimate of drug-likeness (QED) is 0.692. The van der Waals surface area contributed by atoms with Crippen LogP contribution in [0.15, 0.2) is 0 Å². The van der Waals surface area contributed by atoms with Gasteiger partial charge in [-0.05, 0) is 31.6 Å². The third kappa shape index (κ3) is 4.19. The Bertz CT molecular complexity index is 388. The number of carbonyl (C=O) groups excluding carboxylic acids is 1. The molecular formula is C16H27NO4. The van der Waals surface area contributed by atoms with Gasteiger partial charge in [-0.3, -0.25) is 9.59 Å². The van der Waals surface area contributed by atoms with Crippen molar-refractivity contribution in [2.75, 3.05) is 6.54 Å². The normalized spacial score (nSPS) is 32.4. The van der Waals surface area contributed by atoms with Crippen LogP contribution in [-0.4, -0.2) is 34.2 Å². The smallest absolute Gasteiger partial charge is 0.307 e. The lowest BCUT2D eigenvalue weighted by atomic mass is 9.92. The lowest BCUT2D eigenvalue weighted by molar-refractivity contribution is -0.146. The summed E-state index contributed by atoms with van der Waals surface area (Å²) in [5.41, 5.74) is -0.810. The summed E-state index contributed by atoms with van der Waals surface area (Å²) in [7, 11) is 0. The van der Waals surface area contributed by atoms with Gasteiger partial charge in [0.05, 0.1) is 17.4 Å². The molecule has 21 heavy (non-hydrogen) atoms. The highest BCUT2D eigenvalue weighted by Gasteiger charge is 2.41. The molecule has 0 spiro atoms. The number of hydrogen-bond acceptors (Lipinski definition) is 3. The molecule has 1 amide bonds. The highest BCUT2D eigenvalue weighted by molar-refractivity contribution is 5.85. The van der Waals surface area contributed by atoms with Crippen LogP contribution in [0.1, 0.15) is 58.3 Å². The van der Waals surface area contributed by atoms with Crippen molar-refractivity contribution in [1.29, 1.82) is 0 Å². The van der Waals surface area contributed by atoms with Crippen molar-refractivity contribution in [1.82, 2.24) is 5.32 Å². The first-order valence-corrected chi connectivity index (χ1v) is 8.14. The highest BCUT2D eigenvalue weighted by atomic mass is 16.4. The van der Waals surface area contributed by atoms with E-state index in [1.165, 1.54) is 0 Å². The Balaban J connectivity index is 1.90. The maximum Gasteiger partial charge on any atom is 0.307 e. The Labute approximate surface area is 126 Å². The molecule has 2 fully saturated rings. The molecule has 2 rings (SSSR count). The van der Waals surface area contributed by atoms with Crippen LogP contribution in [0.25, 0.3) is 0 Å². The van der Waals surface area contributed by atoms with Gasteiger partial charge in [-0.25, -0.2) is 0 Å². The van der Waals surface area contributed by atoms with Crippen LogP contribution in [0.4, 0.5) is 0 Å². The van der Waals surface area contributed by atoms with Crippen molar-refractivity contribution in [3.05, 3.63) is 0 Å². The van der Waals surface area contributed by atoms with E-state index in [2.05, 4.69) is 5.32 Å². The monoisotopic (exact) mass is 297 g/mol. The number of carboxylic acids is 1. The van der Waals surface area contributed by atoms with Crippen LogP contribution < -0.4 is 5.32 Å². The second-order valence-corrected chi connectivity index (χ2v) is 6.98. The van der Waals surface area contributed by atoms with Crippen molar-refractivity contribution >= 4 is 11.9 Å².